The quantitative estimate of drug-likeness (QED) is 0.576. The molecule has 16 heavy (non-hydrogen) atoms. The molecule has 0 N–H and O–H groups in total. The number of esters is 2. The van der Waals surface area contributed by atoms with Gasteiger partial charge < -0.3 is 4.74 Å². The molecule has 2 rings (SSSR count). The van der Waals surface area contributed by atoms with Crippen molar-refractivity contribution in [2.24, 2.45) is 5.92 Å². The third kappa shape index (κ3) is 2.92. The molecule has 0 radical (unpaired) electrons. The lowest BCUT2D eigenvalue weighted by atomic mass is 9.92. The second kappa shape index (κ2) is 4.92. The maximum Gasteiger partial charge on any atom is 0.313 e. The first-order valence-corrected chi connectivity index (χ1v) is 5.51. The van der Waals surface area contributed by atoms with Gasteiger partial charge in [-0.3, -0.25) is 9.59 Å². The zero-order valence-corrected chi connectivity index (χ0v) is 9.02. The van der Waals surface area contributed by atoms with Crippen LogP contribution in [-0.4, -0.2) is 11.9 Å². The fraction of sp³-hybridized carbons (Fsp3) is 0.385. The minimum absolute atomic E-state index is 0.147. The number of rotatable bonds is 3. The highest BCUT2D eigenvalue weighted by atomic mass is 16.6. The van der Waals surface area contributed by atoms with Crippen LogP contribution in [-0.2, 0) is 20.7 Å². The molecule has 0 spiro atoms. The molecule has 0 atom stereocenters. The van der Waals surface area contributed by atoms with Crippen LogP contribution in [0.1, 0.15) is 24.8 Å². The van der Waals surface area contributed by atoms with E-state index in [1.807, 2.05) is 18.2 Å². The van der Waals surface area contributed by atoms with Crippen LogP contribution in [0.25, 0.3) is 0 Å². The Balaban J connectivity index is 1.86. The molecular formula is C13H14O3. The number of carbonyl (C=O) groups excluding carboxylic acids is 2. The van der Waals surface area contributed by atoms with Crippen LogP contribution < -0.4 is 0 Å². The lowest BCUT2D eigenvalue weighted by Gasteiger charge is -2.19. The Hall–Kier alpha value is -1.64. The number of carbonyl (C=O) groups is 2. The minimum atomic E-state index is -0.380. The normalized spacial score (nSPS) is 17.2. The summed E-state index contributed by atoms with van der Waals surface area (Å²) in [5.74, 6) is -0.613. The second-order valence-corrected chi connectivity index (χ2v) is 4.14. The van der Waals surface area contributed by atoms with Gasteiger partial charge in [0, 0.05) is 12.8 Å². The molecular weight excluding hydrogens is 204 g/mol. The van der Waals surface area contributed by atoms with Gasteiger partial charge >= 0.3 is 11.9 Å². The van der Waals surface area contributed by atoms with Crippen molar-refractivity contribution in [3.05, 3.63) is 35.9 Å². The van der Waals surface area contributed by atoms with Crippen molar-refractivity contribution in [1.29, 1.82) is 0 Å². The third-order valence-corrected chi connectivity index (χ3v) is 2.82. The molecule has 1 aromatic carbocycles. The average Bonchev–Trinajstić information content (AvgIpc) is 2.27. The fourth-order valence-corrected chi connectivity index (χ4v) is 1.97. The van der Waals surface area contributed by atoms with Crippen LogP contribution in [0.5, 0.6) is 0 Å². The summed E-state index contributed by atoms with van der Waals surface area (Å²) < 4.78 is 4.49. The molecule has 1 fully saturated rings. The predicted molar refractivity (Wildman–Crippen MR) is 58.6 cm³/mol. The monoisotopic (exact) mass is 218 g/mol. The first-order valence-electron chi connectivity index (χ1n) is 5.51. The van der Waals surface area contributed by atoms with Crippen molar-refractivity contribution in [2.45, 2.75) is 25.7 Å². The Labute approximate surface area is 94.4 Å². The number of ether oxygens (including phenoxy) is 1. The summed E-state index contributed by atoms with van der Waals surface area (Å²) in [7, 11) is 0. The topological polar surface area (TPSA) is 43.4 Å². The molecule has 0 bridgehead atoms. The van der Waals surface area contributed by atoms with Gasteiger partial charge in [0.05, 0.1) is 0 Å². The van der Waals surface area contributed by atoms with E-state index in [1.165, 1.54) is 5.56 Å². The number of cyclic esters (lactones) is 2. The highest BCUT2D eigenvalue weighted by Crippen LogP contribution is 2.22. The van der Waals surface area contributed by atoms with Gasteiger partial charge in [0.25, 0.3) is 0 Å². The Morgan fingerprint density at radius 2 is 1.69 bits per heavy atom. The van der Waals surface area contributed by atoms with Crippen molar-refractivity contribution in [3.63, 3.8) is 0 Å². The lowest BCUT2D eigenvalue weighted by molar-refractivity contribution is -0.165. The maximum absolute atomic E-state index is 11.1. The summed E-state index contributed by atoms with van der Waals surface area (Å²) in [6.07, 6.45) is 2.52. The molecule has 3 nitrogen and oxygen atoms in total. The van der Waals surface area contributed by atoms with E-state index in [4.69, 9.17) is 0 Å². The fourth-order valence-electron chi connectivity index (χ4n) is 1.97. The zero-order valence-electron chi connectivity index (χ0n) is 9.02. The molecule has 1 aliphatic heterocycles. The summed E-state index contributed by atoms with van der Waals surface area (Å²) in [6.45, 7) is 0. The van der Waals surface area contributed by atoms with Crippen LogP contribution in [0.3, 0.4) is 0 Å². The number of benzene rings is 1. The van der Waals surface area contributed by atoms with E-state index in [0.29, 0.717) is 12.8 Å². The SMILES string of the molecule is O=C1CC(CCc2ccccc2)CC(=O)O1. The highest BCUT2D eigenvalue weighted by Gasteiger charge is 2.26. The van der Waals surface area contributed by atoms with Crippen molar-refractivity contribution < 1.29 is 14.3 Å². The third-order valence-electron chi connectivity index (χ3n) is 2.82. The summed E-state index contributed by atoms with van der Waals surface area (Å²) in [6, 6.07) is 10.1. The molecule has 84 valence electrons. The zero-order chi connectivity index (χ0) is 11.4. The van der Waals surface area contributed by atoms with Crippen molar-refractivity contribution in [2.75, 3.05) is 0 Å². The average molecular weight is 218 g/mol. The number of aryl methyl sites for hydroxylation is 1. The standard InChI is InChI=1S/C13H14O3/c14-12-8-11(9-13(15)16-12)7-6-10-4-2-1-3-5-10/h1-5,11H,6-9H2. The molecule has 0 aromatic heterocycles. The van der Waals surface area contributed by atoms with Crippen LogP contribution in [0.15, 0.2) is 30.3 Å². The molecule has 0 unspecified atom stereocenters. The van der Waals surface area contributed by atoms with Gasteiger partial charge in [-0.15, -0.1) is 0 Å². The van der Waals surface area contributed by atoms with Gasteiger partial charge in [0.2, 0.25) is 0 Å². The number of hydrogen-bond donors (Lipinski definition) is 0. The summed E-state index contributed by atoms with van der Waals surface area (Å²) in [4.78, 5) is 22.1. The van der Waals surface area contributed by atoms with E-state index < -0.39 is 0 Å². The molecule has 0 aliphatic carbocycles. The van der Waals surface area contributed by atoms with E-state index in [9.17, 15) is 9.59 Å². The molecule has 1 heterocycles. The molecule has 0 amide bonds. The maximum atomic E-state index is 11.1. The molecule has 1 aromatic rings. The van der Waals surface area contributed by atoms with E-state index in [1.54, 1.807) is 0 Å². The van der Waals surface area contributed by atoms with Gasteiger partial charge in [-0.05, 0) is 24.3 Å². The molecule has 0 saturated carbocycles. The smallest absolute Gasteiger partial charge is 0.313 e. The Morgan fingerprint density at radius 3 is 2.31 bits per heavy atom. The van der Waals surface area contributed by atoms with Gasteiger partial charge in [-0.25, -0.2) is 0 Å². The Bertz CT molecular complexity index is 367. The molecule has 3 heteroatoms. The van der Waals surface area contributed by atoms with Crippen molar-refractivity contribution >= 4 is 11.9 Å². The lowest BCUT2D eigenvalue weighted by Crippen LogP contribution is -2.25. The van der Waals surface area contributed by atoms with Crippen molar-refractivity contribution in [1.82, 2.24) is 0 Å². The Kier molecular flexibility index (Phi) is 3.34. The van der Waals surface area contributed by atoms with Gasteiger partial charge in [0.1, 0.15) is 0 Å². The van der Waals surface area contributed by atoms with Gasteiger partial charge in [-0.1, -0.05) is 30.3 Å². The summed E-state index contributed by atoms with van der Waals surface area (Å²) in [5, 5.41) is 0. The van der Waals surface area contributed by atoms with Crippen LogP contribution in [0.2, 0.25) is 0 Å². The van der Waals surface area contributed by atoms with E-state index in [2.05, 4.69) is 16.9 Å². The summed E-state index contributed by atoms with van der Waals surface area (Å²) in [5.41, 5.74) is 1.24. The predicted octanol–water partition coefficient (Wildman–Crippen LogP) is 2.10. The van der Waals surface area contributed by atoms with Crippen LogP contribution in [0, 0.1) is 5.92 Å². The second-order valence-electron chi connectivity index (χ2n) is 4.14. The van der Waals surface area contributed by atoms with Gasteiger partial charge in [-0.2, -0.15) is 0 Å². The van der Waals surface area contributed by atoms with E-state index >= 15 is 0 Å². The van der Waals surface area contributed by atoms with E-state index in [-0.39, 0.29) is 17.9 Å². The molecule has 1 aliphatic rings. The highest BCUT2D eigenvalue weighted by molar-refractivity contribution is 5.88. The summed E-state index contributed by atoms with van der Waals surface area (Å²) >= 11 is 0. The van der Waals surface area contributed by atoms with Crippen LogP contribution >= 0.6 is 0 Å². The first-order chi connectivity index (χ1) is 7.74. The first kappa shape index (κ1) is 10.9. The minimum Gasteiger partial charge on any atom is -0.393 e. The molecule has 1 saturated heterocycles. The number of hydrogen-bond acceptors (Lipinski definition) is 3. The van der Waals surface area contributed by atoms with E-state index in [0.717, 1.165) is 12.8 Å². The van der Waals surface area contributed by atoms with Gasteiger partial charge in [0.15, 0.2) is 0 Å². The Morgan fingerprint density at radius 1 is 1.06 bits per heavy atom. The van der Waals surface area contributed by atoms with Crippen LogP contribution in [0.4, 0.5) is 0 Å². The largest absolute Gasteiger partial charge is 0.393 e. The van der Waals surface area contributed by atoms with Crippen molar-refractivity contribution in [3.8, 4) is 0 Å².